The summed E-state index contributed by atoms with van der Waals surface area (Å²) >= 11 is 0. The average molecular weight is 424 g/mol. The van der Waals surface area contributed by atoms with Crippen molar-refractivity contribution >= 4 is 17.7 Å². The maximum atomic E-state index is 13.1. The fourth-order valence-electron chi connectivity index (χ4n) is 3.43. The maximum absolute atomic E-state index is 13.1. The number of esters is 1. The van der Waals surface area contributed by atoms with Crippen LogP contribution in [0.2, 0.25) is 0 Å². The molecule has 0 aliphatic carbocycles. The molecule has 31 heavy (non-hydrogen) atoms. The van der Waals surface area contributed by atoms with Crippen molar-refractivity contribution in [1.29, 1.82) is 0 Å². The molecule has 3 N–H and O–H groups in total. The van der Waals surface area contributed by atoms with Gasteiger partial charge in [0.05, 0.1) is 11.6 Å². The van der Waals surface area contributed by atoms with Crippen molar-refractivity contribution in [1.82, 2.24) is 5.32 Å². The van der Waals surface area contributed by atoms with Gasteiger partial charge in [-0.3, -0.25) is 9.59 Å². The lowest BCUT2D eigenvalue weighted by atomic mass is 10.0. The minimum Gasteiger partial charge on any atom is -0.482 e. The van der Waals surface area contributed by atoms with Crippen molar-refractivity contribution in [2.45, 2.75) is 51.8 Å². The Labute approximate surface area is 181 Å². The molecule has 7 heteroatoms. The minimum atomic E-state index is -0.867. The molecule has 2 aromatic rings. The van der Waals surface area contributed by atoms with E-state index in [0.717, 1.165) is 5.56 Å². The normalized spacial score (nSPS) is 16.7. The molecule has 2 aromatic carbocycles. The second-order valence-corrected chi connectivity index (χ2v) is 8.18. The van der Waals surface area contributed by atoms with Gasteiger partial charge in [0.15, 0.2) is 6.10 Å². The lowest BCUT2D eigenvalue weighted by Gasteiger charge is -2.21. The molecule has 0 bridgehead atoms. The molecule has 0 saturated carbocycles. The minimum absolute atomic E-state index is 0.133. The van der Waals surface area contributed by atoms with Crippen LogP contribution in [0.5, 0.6) is 11.5 Å². The zero-order valence-electron chi connectivity index (χ0n) is 18.0. The van der Waals surface area contributed by atoms with Gasteiger partial charge in [0, 0.05) is 6.42 Å². The summed E-state index contributed by atoms with van der Waals surface area (Å²) in [6, 6.07) is 12.4. The van der Waals surface area contributed by atoms with Gasteiger partial charge >= 0.3 is 5.97 Å². The highest BCUT2D eigenvalue weighted by molar-refractivity contribution is 6.03. The number of nitrogens with one attached hydrogen (secondary N) is 1. The molecule has 0 radical (unpaired) electrons. The van der Waals surface area contributed by atoms with Gasteiger partial charge in [-0.15, -0.1) is 0 Å². The lowest BCUT2D eigenvalue weighted by molar-refractivity contribution is -0.140. The maximum Gasteiger partial charge on any atom is 0.334 e. The van der Waals surface area contributed by atoms with Gasteiger partial charge in [-0.25, -0.2) is 4.79 Å². The van der Waals surface area contributed by atoms with E-state index >= 15 is 0 Å². The van der Waals surface area contributed by atoms with Gasteiger partial charge in [0.1, 0.15) is 17.5 Å². The van der Waals surface area contributed by atoms with Crippen LogP contribution >= 0.6 is 0 Å². The topological polar surface area (TPSA) is 108 Å². The summed E-state index contributed by atoms with van der Waals surface area (Å²) in [5.41, 5.74) is 6.84. The molecule has 7 nitrogen and oxygen atoms in total. The van der Waals surface area contributed by atoms with Crippen molar-refractivity contribution in [3.05, 3.63) is 59.7 Å². The van der Waals surface area contributed by atoms with E-state index in [1.807, 2.05) is 38.1 Å². The molecule has 164 valence electrons. The quantitative estimate of drug-likeness (QED) is 0.383. The van der Waals surface area contributed by atoms with Crippen molar-refractivity contribution in [2.24, 2.45) is 11.7 Å². The van der Waals surface area contributed by atoms with Crippen LogP contribution in [-0.2, 0) is 16.0 Å². The molecule has 0 saturated heterocycles. The summed E-state index contributed by atoms with van der Waals surface area (Å²) in [6.45, 7) is 5.41. The van der Waals surface area contributed by atoms with E-state index in [-0.39, 0.29) is 23.0 Å². The first-order valence-electron chi connectivity index (χ1n) is 10.4. The van der Waals surface area contributed by atoms with Crippen LogP contribution in [0.4, 0.5) is 0 Å². The number of ketones is 1. The van der Waals surface area contributed by atoms with Gasteiger partial charge in [-0.05, 0) is 43.0 Å². The third kappa shape index (κ3) is 5.49. The van der Waals surface area contributed by atoms with Crippen molar-refractivity contribution in [3.63, 3.8) is 0 Å². The summed E-state index contributed by atoms with van der Waals surface area (Å²) < 4.78 is 11.4. The summed E-state index contributed by atoms with van der Waals surface area (Å²) in [7, 11) is 0. The third-order valence-electron chi connectivity index (χ3n) is 5.02. The Hall–Kier alpha value is -3.19. The first kappa shape index (κ1) is 22.5. The number of ether oxygens (including phenoxy) is 2. The van der Waals surface area contributed by atoms with Gasteiger partial charge in [-0.2, -0.15) is 0 Å². The number of carbonyl (C=O) groups excluding carboxylic acids is 3. The predicted molar refractivity (Wildman–Crippen MR) is 116 cm³/mol. The number of Topliss-reactive ketones (excluding diaryl/α,β-unsaturated/α-hetero) is 1. The van der Waals surface area contributed by atoms with Crippen LogP contribution in [0.15, 0.2) is 48.5 Å². The van der Waals surface area contributed by atoms with Crippen LogP contribution in [-0.4, -0.2) is 35.8 Å². The van der Waals surface area contributed by atoms with Gasteiger partial charge in [0.25, 0.3) is 0 Å². The number of amides is 1. The molecule has 1 heterocycles. The summed E-state index contributed by atoms with van der Waals surface area (Å²) in [5.74, 6) is -0.387. The van der Waals surface area contributed by atoms with Crippen LogP contribution in [0.25, 0.3) is 0 Å². The van der Waals surface area contributed by atoms with Crippen LogP contribution in [0, 0.1) is 5.92 Å². The first-order chi connectivity index (χ1) is 14.8. The van der Waals surface area contributed by atoms with Crippen LogP contribution in [0.1, 0.15) is 43.1 Å². The largest absolute Gasteiger partial charge is 0.482 e. The van der Waals surface area contributed by atoms with E-state index in [2.05, 4.69) is 5.32 Å². The smallest absolute Gasteiger partial charge is 0.334 e. The zero-order chi connectivity index (χ0) is 22.5. The Balaban J connectivity index is 1.77. The van der Waals surface area contributed by atoms with Gasteiger partial charge in [-0.1, -0.05) is 44.2 Å². The summed E-state index contributed by atoms with van der Waals surface area (Å²) in [6.07, 6.45) is 0.160. The van der Waals surface area contributed by atoms with E-state index in [4.69, 9.17) is 15.2 Å². The van der Waals surface area contributed by atoms with E-state index in [1.165, 1.54) is 0 Å². The second kappa shape index (κ2) is 9.75. The number of hydrogen-bond donors (Lipinski definition) is 2. The summed E-state index contributed by atoms with van der Waals surface area (Å²) in [5, 5.41) is 2.64. The Morgan fingerprint density at radius 2 is 1.77 bits per heavy atom. The summed E-state index contributed by atoms with van der Waals surface area (Å²) in [4.78, 5) is 38.0. The van der Waals surface area contributed by atoms with Gasteiger partial charge in [0.2, 0.25) is 11.7 Å². The van der Waals surface area contributed by atoms with E-state index in [0.29, 0.717) is 18.6 Å². The van der Waals surface area contributed by atoms with Crippen LogP contribution in [0.3, 0.4) is 0 Å². The Morgan fingerprint density at radius 1 is 1.10 bits per heavy atom. The molecule has 1 amide bonds. The number of nitrogens with two attached hydrogens (primary N) is 1. The molecule has 3 atom stereocenters. The molecule has 1 aliphatic rings. The Kier molecular flexibility index (Phi) is 7.07. The lowest BCUT2D eigenvalue weighted by Crippen LogP contribution is -2.49. The predicted octanol–water partition coefficient (Wildman–Crippen LogP) is 2.66. The molecule has 1 aliphatic heterocycles. The molecule has 0 spiro atoms. The van der Waals surface area contributed by atoms with Gasteiger partial charge < -0.3 is 20.5 Å². The Bertz CT molecular complexity index is 945. The highest BCUT2D eigenvalue weighted by Gasteiger charge is 2.32. The van der Waals surface area contributed by atoms with Crippen molar-refractivity contribution in [3.8, 4) is 11.5 Å². The molecule has 0 fully saturated rings. The molecule has 1 unspecified atom stereocenters. The van der Waals surface area contributed by atoms with E-state index < -0.39 is 30.1 Å². The molecule has 3 rings (SSSR count). The first-order valence-corrected chi connectivity index (χ1v) is 10.4. The van der Waals surface area contributed by atoms with Crippen molar-refractivity contribution < 1.29 is 23.9 Å². The number of para-hydroxylation sites is 2. The second-order valence-electron chi connectivity index (χ2n) is 8.18. The number of benzene rings is 2. The monoisotopic (exact) mass is 424 g/mol. The fraction of sp³-hybridized carbons (Fsp3) is 0.375. The van der Waals surface area contributed by atoms with E-state index in [9.17, 15) is 14.4 Å². The number of carbonyl (C=O) groups is 3. The highest BCUT2D eigenvalue weighted by Crippen LogP contribution is 2.31. The Morgan fingerprint density at radius 3 is 2.45 bits per heavy atom. The molecular weight excluding hydrogens is 396 g/mol. The SMILES string of the molecule is CC(C)C[C@H](NC(=O)C(C)N)C(=O)Oc1ccccc1C(=O)[C@@H]1Cc2ccccc2O1. The number of fused-ring (bicyclic) bond motifs is 1. The molecule has 0 aromatic heterocycles. The average Bonchev–Trinajstić information content (AvgIpc) is 3.17. The molecular formula is C24H28N2O5. The standard InChI is InChI=1S/C24H28N2O5/c1-14(2)12-18(26-23(28)15(3)25)24(29)31-20-11-7-5-9-17(20)22(27)21-13-16-8-4-6-10-19(16)30-21/h4-11,14-15,18,21H,12-13,25H2,1-3H3,(H,26,28)/t15?,18-,21-/m0/s1. The van der Waals surface area contributed by atoms with Crippen molar-refractivity contribution in [2.75, 3.05) is 0 Å². The number of rotatable bonds is 8. The number of hydrogen-bond acceptors (Lipinski definition) is 6. The fourth-order valence-corrected chi connectivity index (χ4v) is 3.43. The third-order valence-corrected chi connectivity index (χ3v) is 5.02. The van der Waals surface area contributed by atoms with E-state index in [1.54, 1.807) is 31.2 Å². The zero-order valence-corrected chi connectivity index (χ0v) is 18.0. The highest BCUT2D eigenvalue weighted by atomic mass is 16.5. The van der Waals surface area contributed by atoms with Crippen LogP contribution < -0.4 is 20.5 Å².